The Kier molecular flexibility index (Phi) is 2.10. The molecule has 0 N–H and O–H groups in total. The number of rotatable bonds is 0. The molecule has 4 heterocycles. The van der Waals surface area contributed by atoms with Crippen molar-refractivity contribution in [3.05, 3.63) is 42.5 Å². The average Bonchev–Trinajstić information content (AvgIpc) is 3.10. The van der Waals surface area contributed by atoms with Crippen LogP contribution < -0.4 is 0 Å². The van der Waals surface area contributed by atoms with Crippen molar-refractivity contribution in [2.75, 3.05) is 0 Å². The van der Waals surface area contributed by atoms with Gasteiger partial charge in [-0.05, 0) is 0 Å². The van der Waals surface area contributed by atoms with E-state index in [2.05, 4.69) is 40.2 Å². The fourth-order valence-corrected chi connectivity index (χ4v) is 5.32. The first-order chi connectivity index (χ1) is 10.3. The number of para-hydroxylation sites is 1. The summed E-state index contributed by atoms with van der Waals surface area (Å²) in [5.74, 6) is 0. The van der Waals surface area contributed by atoms with Crippen LogP contribution in [0, 0.1) is 6.92 Å². The average molecular weight is 338 g/mol. The van der Waals surface area contributed by atoms with E-state index in [-0.39, 0.29) is 14.5 Å². The van der Waals surface area contributed by atoms with Gasteiger partial charge in [0.05, 0.1) is 0 Å². The van der Waals surface area contributed by atoms with Gasteiger partial charge in [-0.2, -0.15) is 0 Å². The molecule has 0 unspecified atom stereocenters. The Labute approximate surface area is 125 Å². The predicted octanol–water partition coefficient (Wildman–Crippen LogP) is 2.34. The maximum atomic E-state index is 4.85. The van der Waals surface area contributed by atoms with Crippen molar-refractivity contribution in [2.45, 2.75) is 6.92 Å². The molecule has 0 aliphatic rings. The summed E-state index contributed by atoms with van der Waals surface area (Å²) >= 11 is 0.127. The van der Waals surface area contributed by atoms with Gasteiger partial charge in [-0.1, -0.05) is 0 Å². The standard InChI is InChI=1S/C15H9N5Se/c1-8-9-4-2-3-5-10(9)19-15-11(8)12-13(21-15)14-16-6-18-20(14)7-17-12/h2-7H,1H3. The van der Waals surface area contributed by atoms with Crippen LogP contribution >= 0.6 is 0 Å². The molecule has 0 fully saturated rings. The second-order valence-electron chi connectivity index (χ2n) is 4.99. The number of pyridine rings is 1. The van der Waals surface area contributed by atoms with Crippen LogP contribution in [-0.2, 0) is 0 Å². The van der Waals surface area contributed by atoms with E-state index in [0.717, 1.165) is 21.1 Å². The van der Waals surface area contributed by atoms with Crippen LogP contribution in [0.1, 0.15) is 5.56 Å². The summed E-state index contributed by atoms with van der Waals surface area (Å²) in [4.78, 5) is 13.8. The van der Waals surface area contributed by atoms with Crippen molar-refractivity contribution in [2.24, 2.45) is 0 Å². The molecule has 0 bridgehead atoms. The van der Waals surface area contributed by atoms with Crippen molar-refractivity contribution in [1.29, 1.82) is 0 Å². The van der Waals surface area contributed by atoms with Crippen LogP contribution in [0.5, 0.6) is 0 Å². The fraction of sp³-hybridized carbons (Fsp3) is 0.0667. The van der Waals surface area contributed by atoms with E-state index in [1.807, 2.05) is 6.07 Å². The van der Waals surface area contributed by atoms with Crippen molar-refractivity contribution in [3.63, 3.8) is 0 Å². The van der Waals surface area contributed by atoms with Crippen molar-refractivity contribution in [1.82, 2.24) is 24.6 Å². The molecule has 21 heavy (non-hydrogen) atoms. The van der Waals surface area contributed by atoms with Gasteiger partial charge in [0.25, 0.3) is 0 Å². The van der Waals surface area contributed by atoms with E-state index < -0.39 is 0 Å². The quantitative estimate of drug-likeness (QED) is 0.407. The van der Waals surface area contributed by atoms with E-state index in [1.165, 1.54) is 20.6 Å². The number of nitrogens with zero attached hydrogens (tertiary/aromatic N) is 5. The Morgan fingerprint density at radius 1 is 1.14 bits per heavy atom. The van der Waals surface area contributed by atoms with Crippen LogP contribution in [0.4, 0.5) is 0 Å². The van der Waals surface area contributed by atoms with Crippen LogP contribution in [0.15, 0.2) is 36.9 Å². The molecule has 0 spiro atoms. The SMILES string of the molecule is Cc1c2ccccc2nc2[se]c3c(ncn4ncnc34)c12. The number of hydrogen-bond donors (Lipinski definition) is 0. The topological polar surface area (TPSA) is 56.0 Å². The van der Waals surface area contributed by atoms with E-state index in [4.69, 9.17) is 4.98 Å². The fourth-order valence-electron chi connectivity index (χ4n) is 2.84. The number of hydrogen-bond acceptors (Lipinski definition) is 4. The van der Waals surface area contributed by atoms with Gasteiger partial charge in [0.2, 0.25) is 0 Å². The Morgan fingerprint density at radius 2 is 2.05 bits per heavy atom. The molecule has 6 heteroatoms. The van der Waals surface area contributed by atoms with Crippen molar-refractivity contribution >= 4 is 50.6 Å². The molecule has 1 aromatic carbocycles. The molecular weight excluding hydrogens is 329 g/mol. The molecule has 0 aliphatic carbocycles. The van der Waals surface area contributed by atoms with E-state index in [1.54, 1.807) is 17.2 Å². The zero-order valence-electron chi connectivity index (χ0n) is 11.1. The third-order valence-electron chi connectivity index (χ3n) is 3.84. The molecule has 5 rings (SSSR count). The van der Waals surface area contributed by atoms with Crippen molar-refractivity contribution < 1.29 is 0 Å². The molecule has 5 nitrogen and oxygen atoms in total. The number of fused-ring (bicyclic) bond motifs is 6. The molecule has 4 aromatic heterocycles. The Bertz CT molecular complexity index is 1150. The van der Waals surface area contributed by atoms with Crippen LogP contribution in [0.2, 0.25) is 0 Å². The first-order valence-corrected chi connectivity index (χ1v) is 8.30. The van der Waals surface area contributed by atoms with Gasteiger partial charge in [-0.25, -0.2) is 0 Å². The van der Waals surface area contributed by atoms with Gasteiger partial charge in [0.1, 0.15) is 0 Å². The Morgan fingerprint density at radius 3 is 3.00 bits per heavy atom. The number of aryl methyl sites for hydroxylation is 1. The van der Waals surface area contributed by atoms with Gasteiger partial charge >= 0.3 is 125 Å². The minimum atomic E-state index is 0.127. The van der Waals surface area contributed by atoms with E-state index >= 15 is 0 Å². The first kappa shape index (κ1) is 11.4. The Hall–Kier alpha value is -2.30. The monoisotopic (exact) mass is 339 g/mol. The van der Waals surface area contributed by atoms with Gasteiger partial charge < -0.3 is 0 Å². The van der Waals surface area contributed by atoms with Crippen LogP contribution in [0.25, 0.3) is 36.1 Å². The summed E-state index contributed by atoms with van der Waals surface area (Å²) in [6, 6.07) is 8.28. The van der Waals surface area contributed by atoms with E-state index in [9.17, 15) is 0 Å². The minimum absolute atomic E-state index is 0.127. The summed E-state index contributed by atoms with van der Waals surface area (Å²) in [6.45, 7) is 2.16. The normalized spacial score (nSPS) is 12.0. The van der Waals surface area contributed by atoms with Crippen molar-refractivity contribution in [3.8, 4) is 0 Å². The number of benzene rings is 1. The molecule has 0 saturated carbocycles. The van der Waals surface area contributed by atoms with Crippen LogP contribution in [-0.4, -0.2) is 39.1 Å². The molecular formula is C15H9N5Se. The summed E-state index contributed by atoms with van der Waals surface area (Å²) in [5.41, 5.74) is 4.25. The second kappa shape index (κ2) is 3.87. The first-order valence-electron chi connectivity index (χ1n) is 6.59. The molecule has 0 saturated heterocycles. The van der Waals surface area contributed by atoms with E-state index in [0.29, 0.717) is 0 Å². The summed E-state index contributed by atoms with van der Waals surface area (Å²) < 4.78 is 4.07. The predicted molar refractivity (Wildman–Crippen MR) is 82.8 cm³/mol. The molecule has 0 atom stereocenters. The third kappa shape index (κ3) is 1.41. The van der Waals surface area contributed by atoms with Crippen LogP contribution in [0.3, 0.4) is 0 Å². The van der Waals surface area contributed by atoms with Gasteiger partial charge in [-0.3, -0.25) is 0 Å². The zero-order chi connectivity index (χ0) is 14.0. The second-order valence-corrected chi connectivity index (χ2v) is 7.08. The summed E-state index contributed by atoms with van der Waals surface area (Å²) in [5, 5.41) is 6.56. The zero-order valence-corrected chi connectivity index (χ0v) is 12.8. The third-order valence-corrected chi connectivity index (χ3v) is 6.08. The number of aromatic nitrogens is 5. The molecule has 0 aliphatic heterocycles. The summed E-state index contributed by atoms with van der Waals surface area (Å²) in [7, 11) is 0. The van der Waals surface area contributed by atoms with Gasteiger partial charge in [0, 0.05) is 0 Å². The van der Waals surface area contributed by atoms with Gasteiger partial charge in [0.15, 0.2) is 0 Å². The summed E-state index contributed by atoms with van der Waals surface area (Å²) in [6.07, 6.45) is 3.31. The molecule has 0 amide bonds. The maximum absolute atomic E-state index is 4.85. The Balaban J connectivity index is 2.11. The molecule has 100 valence electrons. The molecule has 0 radical (unpaired) electrons. The van der Waals surface area contributed by atoms with Gasteiger partial charge in [-0.15, -0.1) is 0 Å². The molecule has 5 aromatic rings.